The fourth-order valence-electron chi connectivity index (χ4n) is 3.25. The third kappa shape index (κ3) is 1.70. The highest BCUT2D eigenvalue weighted by molar-refractivity contribution is 6.11. The fraction of sp³-hybridized carbons (Fsp3) is 0.167. The van der Waals surface area contributed by atoms with Gasteiger partial charge in [-0.2, -0.15) is 0 Å². The molecule has 1 aliphatic rings. The molecule has 0 bridgehead atoms. The number of aromatic amines is 1. The van der Waals surface area contributed by atoms with Gasteiger partial charge in [0.05, 0.1) is 6.04 Å². The minimum Gasteiger partial charge on any atom is -0.350 e. The largest absolute Gasteiger partial charge is 0.350 e. The van der Waals surface area contributed by atoms with Gasteiger partial charge in [0.2, 0.25) is 0 Å². The number of para-hydroxylation sites is 1. The average Bonchev–Trinajstić information content (AvgIpc) is 2.86. The van der Waals surface area contributed by atoms with Crippen LogP contribution < -0.4 is 5.32 Å². The second-order valence-corrected chi connectivity index (χ2v) is 5.44. The lowest BCUT2D eigenvalue weighted by atomic mass is 9.93. The molecule has 0 radical (unpaired) electrons. The second kappa shape index (κ2) is 4.48. The molecule has 3 heteroatoms. The van der Waals surface area contributed by atoms with E-state index >= 15 is 0 Å². The lowest BCUT2D eigenvalue weighted by molar-refractivity contribution is 0.0933. The van der Waals surface area contributed by atoms with Crippen LogP contribution in [0.1, 0.15) is 35.4 Å². The summed E-state index contributed by atoms with van der Waals surface area (Å²) in [6.45, 7) is 2.10. The molecule has 104 valence electrons. The second-order valence-electron chi connectivity index (χ2n) is 5.44. The Labute approximate surface area is 123 Å². The predicted molar refractivity (Wildman–Crippen MR) is 84.2 cm³/mol. The molecule has 1 amide bonds. The molecular formula is C18H16N2O. The minimum absolute atomic E-state index is 0.0238. The summed E-state index contributed by atoms with van der Waals surface area (Å²) in [5.74, 6) is -0.0238. The van der Waals surface area contributed by atoms with Gasteiger partial charge < -0.3 is 10.3 Å². The van der Waals surface area contributed by atoms with E-state index in [1.54, 1.807) is 0 Å². The summed E-state index contributed by atoms with van der Waals surface area (Å²) in [6.07, 6.45) is 0.880. The van der Waals surface area contributed by atoms with Crippen LogP contribution in [0.25, 0.3) is 22.0 Å². The highest BCUT2D eigenvalue weighted by Crippen LogP contribution is 2.39. The predicted octanol–water partition coefficient (Wildman–Crippen LogP) is 4.03. The van der Waals surface area contributed by atoms with Crippen molar-refractivity contribution in [1.29, 1.82) is 0 Å². The number of H-pyrrole nitrogens is 1. The molecule has 2 heterocycles. The number of benzene rings is 2. The Kier molecular flexibility index (Phi) is 2.61. The Morgan fingerprint density at radius 3 is 2.67 bits per heavy atom. The fourth-order valence-corrected chi connectivity index (χ4v) is 3.25. The number of hydrogen-bond acceptors (Lipinski definition) is 1. The molecule has 0 unspecified atom stereocenters. The number of nitrogens with one attached hydrogen (secondary N) is 2. The number of carbonyl (C=O) groups excluding carboxylic acids is 1. The summed E-state index contributed by atoms with van der Waals surface area (Å²) < 4.78 is 0. The van der Waals surface area contributed by atoms with Crippen molar-refractivity contribution in [3.05, 3.63) is 59.8 Å². The van der Waals surface area contributed by atoms with Crippen LogP contribution in [0.5, 0.6) is 0 Å². The number of carbonyl (C=O) groups is 1. The van der Waals surface area contributed by atoms with Gasteiger partial charge in [-0.15, -0.1) is 0 Å². The monoisotopic (exact) mass is 276 g/mol. The molecule has 1 atom stereocenters. The van der Waals surface area contributed by atoms with Crippen molar-refractivity contribution in [1.82, 2.24) is 10.3 Å². The van der Waals surface area contributed by atoms with Gasteiger partial charge in [-0.1, -0.05) is 49.4 Å². The molecule has 0 aliphatic carbocycles. The van der Waals surface area contributed by atoms with Gasteiger partial charge in [0, 0.05) is 16.5 Å². The third-order valence-electron chi connectivity index (χ3n) is 4.25. The van der Waals surface area contributed by atoms with Gasteiger partial charge in [0.25, 0.3) is 5.91 Å². The van der Waals surface area contributed by atoms with Crippen LogP contribution in [-0.4, -0.2) is 10.9 Å². The maximum absolute atomic E-state index is 12.6. The summed E-state index contributed by atoms with van der Waals surface area (Å²) in [4.78, 5) is 15.8. The van der Waals surface area contributed by atoms with E-state index in [4.69, 9.17) is 0 Å². The standard InChI is InChI=1S/C18H16N2O/c1-2-14-11-7-3-4-8-12(11)16-13-9-5-6-10-15(13)19-17(16)18(21)20-14/h3-10,14,19H,2H2,1H3,(H,20,21)/t14-/m1/s1. The van der Waals surface area contributed by atoms with Crippen molar-refractivity contribution in [2.75, 3.05) is 0 Å². The molecule has 0 saturated heterocycles. The van der Waals surface area contributed by atoms with Crippen LogP contribution in [-0.2, 0) is 0 Å². The van der Waals surface area contributed by atoms with Crippen LogP contribution in [0.15, 0.2) is 48.5 Å². The molecule has 3 nitrogen and oxygen atoms in total. The van der Waals surface area contributed by atoms with Gasteiger partial charge in [-0.05, 0) is 23.6 Å². The normalized spacial score (nSPS) is 17.0. The molecule has 21 heavy (non-hydrogen) atoms. The minimum atomic E-state index is -0.0238. The number of hydrogen-bond donors (Lipinski definition) is 2. The van der Waals surface area contributed by atoms with Crippen LogP contribution >= 0.6 is 0 Å². The van der Waals surface area contributed by atoms with Crippen molar-refractivity contribution in [2.24, 2.45) is 0 Å². The lowest BCUT2D eigenvalue weighted by Gasteiger charge is -2.16. The maximum Gasteiger partial charge on any atom is 0.268 e. The van der Waals surface area contributed by atoms with E-state index in [0.717, 1.165) is 28.5 Å². The molecule has 2 N–H and O–H groups in total. The molecule has 2 aromatic carbocycles. The summed E-state index contributed by atoms with van der Waals surface area (Å²) in [7, 11) is 0. The number of rotatable bonds is 1. The molecule has 1 aromatic heterocycles. The number of fused-ring (bicyclic) bond motifs is 5. The number of amides is 1. The third-order valence-corrected chi connectivity index (χ3v) is 4.25. The molecule has 0 fully saturated rings. The SMILES string of the molecule is CC[C@H]1NC(=O)c2[nH]c3ccccc3c2-c2ccccc21. The quantitative estimate of drug-likeness (QED) is 0.692. The summed E-state index contributed by atoms with van der Waals surface area (Å²) in [5, 5.41) is 4.24. The van der Waals surface area contributed by atoms with Crippen LogP contribution in [0, 0.1) is 0 Å². The lowest BCUT2D eigenvalue weighted by Crippen LogP contribution is -2.27. The first-order chi connectivity index (χ1) is 10.3. The zero-order chi connectivity index (χ0) is 14.4. The van der Waals surface area contributed by atoms with Crippen molar-refractivity contribution < 1.29 is 4.79 Å². The average molecular weight is 276 g/mol. The zero-order valence-corrected chi connectivity index (χ0v) is 11.8. The van der Waals surface area contributed by atoms with Crippen LogP contribution in [0.4, 0.5) is 0 Å². The van der Waals surface area contributed by atoms with Gasteiger partial charge in [0.15, 0.2) is 0 Å². The van der Waals surface area contributed by atoms with Gasteiger partial charge in [-0.25, -0.2) is 0 Å². The van der Waals surface area contributed by atoms with Crippen molar-refractivity contribution in [3.8, 4) is 11.1 Å². The summed E-state index contributed by atoms with van der Waals surface area (Å²) in [5.41, 5.74) is 5.03. The van der Waals surface area contributed by atoms with Crippen molar-refractivity contribution >= 4 is 16.8 Å². The van der Waals surface area contributed by atoms with Crippen LogP contribution in [0.2, 0.25) is 0 Å². The molecular weight excluding hydrogens is 260 g/mol. The molecule has 1 aliphatic heterocycles. The zero-order valence-electron chi connectivity index (χ0n) is 11.8. The first kappa shape index (κ1) is 12.2. The van der Waals surface area contributed by atoms with E-state index in [0.29, 0.717) is 5.69 Å². The Hall–Kier alpha value is -2.55. The number of aromatic nitrogens is 1. The van der Waals surface area contributed by atoms with E-state index in [1.807, 2.05) is 30.3 Å². The van der Waals surface area contributed by atoms with E-state index in [1.165, 1.54) is 5.56 Å². The Balaban J connectivity index is 2.12. The maximum atomic E-state index is 12.6. The van der Waals surface area contributed by atoms with E-state index < -0.39 is 0 Å². The highest BCUT2D eigenvalue weighted by Gasteiger charge is 2.28. The summed E-state index contributed by atoms with van der Waals surface area (Å²) >= 11 is 0. The van der Waals surface area contributed by atoms with Crippen molar-refractivity contribution in [2.45, 2.75) is 19.4 Å². The van der Waals surface area contributed by atoms with Gasteiger partial charge in [-0.3, -0.25) is 4.79 Å². The topological polar surface area (TPSA) is 44.9 Å². The smallest absolute Gasteiger partial charge is 0.268 e. The Morgan fingerprint density at radius 2 is 1.81 bits per heavy atom. The molecule has 0 saturated carbocycles. The molecule has 0 spiro atoms. The van der Waals surface area contributed by atoms with E-state index in [2.05, 4.69) is 35.4 Å². The van der Waals surface area contributed by atoms with Crippen LogP contribution in [0.3, 0.4) is 0 Å². The first-order valence-electron chi connectivity index (χ1n) is 7.30. The Bertz CT molecular complexity index is 847. The highest BCUT2D eigenvalue weighted by atomic mass is 16.2. The molecule has 3 aromatic rings. The van der Waals surface area contributed by atoms with Crippen molar-refractivity contribution in [3.63, 3.8) is 0 Å². The molecule has 4 rings (SSSR count). The Morgan fingerprint density at radius 1 is 1.05 bits per heavy atom. The van der Waals surface area contributed by atoms with Gasteiger partial charge in [0.1, 0.15) is 5.69 Å². The first-order valence-corrected chi connectivity index (χ1v) is 7.30. The van der Waals surface area contributed by atoms with E-state index in [9.17, 15) is 4.79 Å². The van der Waals surface area contributed by atoms with E-state index in [-0.39, 0.29) is 11.9 Å². The van der Waals surface area contributed by atoms with Gasteiger partial charge >= 0.3 is 0 Å². The summed E-state index contributed by atoms with van der Waals surface area (Å²) in [6, 6.07) is 16.4.